The van der Waals surface area contributed by atoms with Crippen LogP contribution in [0, 0.1) is 0 Å². The fourth-order valence-electron chi connectivity index (χ4n) is 2.29. The quantitative estimate of drug-likeness (QED) is 0.417. The number of benzene rings is 2. The summed E-state index contributed by atoms with van der Waals surface area (Å²) in [5.74, 6) is 0.597. The maximum absolute atomic E-state index is 13.3. The van der Waals surface area contributed by atoms with E-state index in [1.54, 1.807) is 24.3 Å². The van der Waals surface area contributed by atoms with E-state index < -0.39 is 11.9 Å². The van der Waals surface area contributed by atoms with Crippen LogP contribution in [0.5, 0.6) is 5.75 Å². The zero-order chi connectivity index (χ0) is 19.4. The average Bonchev–Trinajstić information content (AvgIpc) is 3.07. The van der Waals surface area contributed by atoms with Crippen molar-refractivity contribution < 1.29 is 17.9 Å². The SMILES string of the molecule is COc1ccccc1C=NNc1nc(C(F)(F)F)c(-c2ccc(Cl)cc2)s1. The molecule has 9 heteroatoms. The predicted octanol–water partition coefficient (Wildman–Crippen LogP) is 5.94. The van der Waals surface area contributed by atoms with Crippen molar-refractivity contribution in [1.29, 1.82) is 0 Å². The third kappa shape index (κ3) is 4.58. The highest BCUT2D eigenvalue weighted by Gasteiger charge is 2.38. The standard InChI is InChI=1S/C18H13ClF3N3OS/c1-26-14-5-3-2-4-12(14)10-23-25-17-24-16(18(20,21)22)15(27-17)11-6-8-13(19)9-7-11/h2-10H,1H3,(H,24,25). The lowest BCUT2D eigenvalue weighted by molar-refractivity contribution is -0.140. The topological polar surface area (TPSA) is 46.5 Å². The van der Waals surface area contributed by atoms with Crippen molar-refractivity contribution in [3.8, 4) is 16.2 Å². The van der Waals surface area contributed by atoms with Gasteiger partial charge in [0.15, 0.2) is 5.69 Å². The number of para-hydroxylation sites is 1. The molecular formula is C18H13ClF3N3OS. The number of methoxy groups -OCH3 is 1. The summed E-state index contributed by atoms with van der Waals surface area (Å²) in [4.78, 5) is 3.65. The van der Waals surface area contributed by atoms with Crippen molar-refractivity contribution in [2.24, 2.45) is 5.10 Å². The Hall–Kier alpha value is -2.58. The van der Waals surface area contributed by atoms with Crippen LogP contribution in [0.4, 0.5) is 18.3 Å². The number of hydrazone groups is 1. The van der Waals surface area contributed by atoms with Gasteiger partial charge in [0.2, 0.25) is 5.13 Å². The molecule has 1 aromatic heterocycles. The monoisotopic (exact) mass is 411 g/mol. The maximum atomic E-state index is 13.3. The molecule has 0 aliphatic rings. The summed E-state index contributed by atoms with van der Waals surface area (Å²) in [6, 6.07) is 13.2. The van der Waals surface area contributed by atoms with E-state index in [2.05, 4.69) is 15.5 Å². The molecule has 0 atom stereocenters. The average molecular weight is 412 g/mol. The first kappa shape index (κ1) is 19.2. The second-order valence-electron chi connectivity index (χ2n) is 5.31. The molecule has 1 heterocycles. The number of aromatic nitrogens is 1. The molecule has 0 aliphatic heterocycles. The van der Waals surface area contributed by atoms with Crippen molar-refractivity contribution in [3.05, 3.63) is 64.8 Å². The fraction of sp³-hybridized carbons (Fsp3) is 0.111. The molecule has 27 heavy (non-hydrogen) atoms. The van der Waals surface area contributed by atoms with E-state index in [1.807, 2.05) is 0 Å². The molecule has 0 spiro atoms. The van der Waals surface area contributed by atoms with E-state index in [1.165, 1.54) is 37.6 Å². The Morgan fingerprint density at radius 2 is 1.85 bits per heavy atom. The molecule has 1 N–H and O–H groups in total. The predicted molar refractivity (Wildman–Crippen MR) is 102 cm³/mol. The maximum Gasteiger partial charge on any atom is 0.434 e. The van der Waals surface area contributed by atoms with Gasteiger partial charge in [-0.3, -0.25) is 5.43 Å². The van der Waals surface area contributed by atoms with Gasteiger partial charge in [-0.1, -0.05) is 47.2 Å². The van der Waals surface area contributed by atoms with E-state index in [0.717, 1.165) is 11.3 Å². The molecule has 140 valence electrons. The van der Waals surface area contributed by atoms with Gasteiger partial charge >= 0.3 is 6.18 Å². The first-order valence-corrected chi connectivity index (χ1v) is 8.84. The van der Waals surface area contributed by atoms with Gasteiger partial charge in [0, 0.05) is 10.6 Å². The summed E-state index contributed by atoms with van der Waals surface area (Å²) in [6.45, 7) is 0. The summed E-state index contributed by atoms with van der Waals surface area (Å²) >= 11 is 6.67. The number of nitrogens with one attached hydrogen (secondary N) is 1. The largest absolute Gasteiger partial charge is 0.496 e. The number of halogens is 4. The van der Waals surface area contributed by atoms with Crippen molar-refractivity contribution in [1.82, 2.24) is 4.98 Å². The molecule has 3 aromatic rings. The number of alkyl halides is 3. The Morgan fingerprint density at radius 1 is 1.15 bits per heavy atom. The molecule has 0 saturated heterocycles. The molecule has 0 amide bonds. The molecule has 0 bridgehead atoms. The third-order valence-corrected chi connectivity index (χ3v) is 4.77. The van der Waals surface area contributed by atoms with Gasteiger partial charge in [-0.25, -0.2) is 4.98 Å². The molecule has 0 saturated carbocycles. The second kappa shape index (κ2) is 7.98. The first-order chi connectivity index (χ1) is 12.9. The number of ether oxygens (including phenoxy) is 1. The van der Waals surface area contributed by atoms with E-state index >= 15 is 0 Å². The molecular weight excluding hydrogens is 399 g/mol. The van der Waals surface area contributed by atoms with Crippen molar-refractivity contribution >= 4 is 34.3 Å². The Balaban J connectivity index is 1.88. The lowest BCUT2D eigenvalue weighted by Gasteiger charge is -2.05. The zero-order valence-electron chi connectivity index (χ0n) is 13.9. The number of nitrogens with zero attached hydrogens (tertiary/aromatic N) is 2. The molecule has 0 fully saturated rings. The number of hydrogen-bond donors (Lipinski definition) is 1. The van der Waals surface area contributed by atoms with Crippen LogP contribution in [0.25, 0.3) is 10.4 Å². The van der Waals surface area contributed by atoms with Gasteiger partial charge < -0.3 is 4.74 Å². The minimum Gasteiger partial charge on any atom is -0.496 e. The Kier molecular flexibility index (Phi) is 5.67. The molecule has 0 aliphatic carbocycles. The van der Waals surface area contributed by atoms with Crippen LogP contribution in [0.2, 0.25) is 5.02 Å². The van der Waals surface area contributed by atoms with Crippen LogP contribution < -0.4 is 10.2 Å². The van der Waals surface area contributed by atoms with Crippen LogP contribution in [0.1, 0.15) is 11.3 Å². The minimum absolute atomic E-state index is 0.00541. The summed E-state index contributed by atoms with van der Waals surface area (Å²) < 4.78 is 45.2. The van der Waals surface area contributed by atoms with E-state index in [0.29, 0.717) is 21.9 Å². The lowest BCUT2D eigenvalue weighted by Crippen LogP contribution is -2.07. The Morgan fingerprint density at radius 3 is 2.52 bits per heavy atom. The molecule has 0 unspecified atom stereocenters. The van der Waals surface area contributed by atoms with Gasteiger partial charge in [0.1, 0.15) is 5.75 Å². The van der Waals surface area contributed by atoms with Gasteiger partial charge in [-0.05, 0) is 29.8 Å². The summed E-state index contributed by atoms with van der Waals surface area (Å²) in [5, 5.41) is 4.44. The van der Waals surface area contributed by atoms with Crippen LogP contribution in [0.3, 0.4) is 0 Å². The lowest BCUT2D eigenvalue weighted by atomic mass is 10.1. The highest BCUT2D eigenvalue weighted by atomic mass is 35.5. The van der Waals surface area contributed by atoms with Crippen molar-refractivity contribution in [3.63, 3.8) is 0 Å². The highest BCUT2D eigenvalue weighted by molar-refractivity contribution is 7.19. The third-order valence-electron chi connectivity index (χ3n) is 3.50. The first-order valence-electron chi connectivity index (χ1n) is 7.64. The van der Waals surface area contributed by atoms with Crippen LogP contribution in [-0.2, 0) is 6.18 Å². The van der Waals surface area contributed by atoms with Gasteiger partial charge in [0.25, 0.3) is 0 Å². The fourth-order valence-corrected chi connectivity index (χ4v) is 3.35. The molecule has 4 nitrogen and oxygen atoms in total. The van der Waals surface area contributed by atoms with Crippen LogP contribution in [-0.4, -0.2) is 18.3 Å². The van der Waals surface area contributed by atoms with Crippen LogP contribution in [0.15, 0.2) is 53.6 Å². The Labute approximate surface area is 162 Å². The van der Waals surface area contributed by atoms with Crippen molar-refractivity contribution in [2.45, 2.75) is 6.18 Å². The minimum atomic E-state index is -4.59. The summed E-state index contributed by atoms with van der Waals surface area (Å²) in [6.07, 6.45) is -3.13. The van der Waals surface area contributed by atoms with E-state index in [4.69, 9.17) is 16.3 Å². The number of thiazole rings is 1. The number of hydrogen-bond acceptors (Lipinski definition) is 5. The van der Waals surface area contributed by atoms with Crippen LogP contribution >= 0.6 is 22.9 Å². The normalized spacial score (nSPS) is 11.7. The Bertz CT molecular complexity index is 955. The molecule has 2 aromatic carbocycles. The van der Waals surface area contributed by atoms with Gasteiger partial charge in [-0.2, -0.15) is 18.3 Å². The van der Waals surface area contributed by atoms with Gasteiger partial charge in [-0.15, -0.1) is 0 Å². The summed E-state index contributed by atoms with van der Waals surface area (Å²) in [7, 11) is 1.52. The number of anilines is 1. The van der Waals surface area contributed by atoms with E-state index in [9.17, 15) is 13.2 Å². The highest BCUT2D eigenvalue weighted by Crippen LogP contribution is 2.42. The van der Waals surface area contributed by atoms with Crippen molar-refractivity contribution in [2.75, 3.05) is 12.5 Å². The summed E-state index contributed by atoms with van der Waals surface area (Å²) in [5.41, 5.74) is 2.65. The zero-order valence-corrected chi connectivity index (χ0v) is 15.5. The van der Waals surface area contributed by atoms with Gasteiger partial charge in [0.05, 0.1) is 18.2 Å². The second-order valence-corrected chi connectivity index (χ2v) is 6.75. The molecule has 3 rings (SSSR count). The number of rotatable bonds is 5. The smallest absolute Gasteiger partial charge is 0.434 e. The van der Waals surface area contributed by atoms with E-state index in [-0.39, 0.29) is 10.0 Å². The molecule has 0 radical (unpaired) electrons.